The topological polar surface area (TPSA) is 107 Å². The number of nitrogens with zero attached hydrogens (tertiary/aromatic N) is 3. The van der Waals surface area contributed by atoms with Gasteiger partial charge in [0.25, 0.3) is 17.6 Å². The summed E-state index contributed by atoms with van der Waals surface area (Å²) in [6, 6.07) is 1.63. The van der Waals surface area contributed by atoms with Crippen LogP contribution < -0.4 is 11.1 Å². The van der Waals surface area contributed by atoms with Crippen molar-refractivity contribution in [3.05, 3.63) is 24.3 Å². The zero-order valence-electron chi connectivity index (χ0n) is 8.47. The molecule has 16 heavy (non-hydrogen) atoms. The van der Waals surface area contributed by atoms with Crippen molar-refractivity contribution >= 4 is 11.6 Å². The van der Waals surface area contributed by atoms with Gasteiger partial charge in [0.05, 0.1) is 11.3 Å². The van der Waals surface area contributed by atoms with Gasteiger partial charge in [0.2, 0.25) is 0 Å². The number of nitrogens with one attached hydrogen (secondary N) is 1. The third-order valence-electron chi connectivity index (χ3n) is 1.86. The molecule has 0 unspecified atom stereocenters. The van der Waals surface area contributed by atoms with Gasteiger partial charge in [0.1, 0.15) is 0 Å². The van der Waals surface area contributed by atoms with Crippen LogP contribution in [-0.4, -0.2) is 28.1 Å². The van der Waals surface area contributed by atoms with Crippen molar-refractivity contribution in [3.8, 4) is 11.5 Å². The normalized spacial score (nSPS) is 10.1. The molecule has 0 radical (unpaired) electrons. The molecule has 2 heterocycles. The van der Waals surface area contributed by atoms with Gasteiger partial charge in [-0.25, -0.2) is 0 Å². The van der Waals surface area contributed by atoms with E-state index in [4.69, 9.17) is 10.3 Å². The summed E-state index contributed by atoms with van der Waals surface area (Å²) in [5, 5.41) is 5.92. The van der Waals surface area contributed by atoms with Crippen molar-refractivity contribution in [2.75, 3.05) is 12.8 Å². The van der Waals surface area contributed by atoms with Gasteiger partial charge in [-0.05, 0) is 6.07 Å². The summed E-state index contributed by atoms with van der Waals surface area (Å²) in [7, 11) is 1.49. The molecule has 0 aromatic carbocycles. The summed E-state index contributed by atoms with van der Waals surface area (Å²) in [6.07, 6.45) is 3.02. The van der Waals surface area contributed by atoms with Crippen LogP contribution in [0.3, 0.4) is 0 Å². The first-order valence-corrected chi connectivity index (χ1v) is 4.47. The number of nitrogen functional groups attached to an aromatic ring is 1. The second-order valence-corrected chi connectivity index (χ2v) is 3.01. The van der Waals surface area contributed by atoms with Gasteiger partial charge in [0.15, 0.2) is 0 Å². The second-order valence-electron chi connectivity index (χ2n) is 3.01. The highest BCUT2D eigenvalue weighted by atomic mass is 16.5. The fourth-order valence-electron chi connectivity index (χ4n) is 1.12. The molecule has 3 N–H and O–H groups in total. The molecule has 0 aliphatic carbocycles. The fraction of sp³-hybridized carbons (Fsp3) is 0.111. The van der Waals surface area contributed by atoms with E-state index in [2.05, 4.69) is 20.4 Å². The number of hydrogen-bond acceptors (Lipinski definition) is 6. The first-order valence-electron chi connectivity index (χ1n) is 4.47. The Morgan fingerprint density at radius 1 is 1.50 bits per heavy atom. The second kappa shape index (κ2) is 3.97. The summed E-state index contributed by atoms with van der Waals surface area (Å²) >= 11 is 0. The van der Waals surface area contributed by atoms with Gasteiger partial charge in [0, 0.05) is 19.4 Å². The number of aromatic nitrogens is 3. The molecule has 0 aliphatic heterocycles. The average molecular weight is 219 g/mol. The lowest BCUT2D eigenvalue weighted by atomic mass is 10.2. The third kappa shape index (κ3) is 1.83. The van der Waals surface area contributed by atoms with Crippen molar-refractivity contribution in [2.24, 2.45) is 0 Å². The van der Waals surface area contributed by atoms with Crippen molar-refractivity contribution < 1.29 is 9.32 Å². The summed E-state index contributed by atoms with van der Waals surface area (Å²) in [6.45, 7) is 0. The van der Waals surface area contributed by atoms with E-state index in [9.17, 15) is 4.79 Å². The number of pyridine rings is 1. The predicted molar refractivity (Wildman–Crippen MR) is 55.3 cm³/mol. The molecule has 1 amide bonds. The fourth-order valence-corrected chi connectivity index (χ4v) is 1.12. The van der Waals surface area contributed by atoms with Crippen LogP contribution >= 0.6 is 0 Å². The van der Waals surface area contributed by atoms with Crippen molar-refractivity contribution in [1.29, 1.82) is 0 Å². The molecular weight excluding hydrogens is 210 g/mol. The first kappa shape index (κ1) is 10.1. The van der Waals surface area contributed by atoms with Crippen LogP contribution in [0.25, 0.3) is 11.5 Å². The molecule has 7 nitrogen and oxygen atoms in total. The van der Waals surface area contributed by atoms with E-state index in [0.29, 0.717) is 11.3 Å². The molecule has 0 aliphatic rings. The Balaban J connectivity index is 2.35. The number of nitrogens with two attached hydrogens (primary N) is 1. The van der Waals surface area contributed by atoms with E-state index in [1.165, 1.54) is 19.4 Å². The van der Waals surface area contributed by atoms with Crippen molar-refractivity contribution in [3.63, 3.8) is 0 Å². The van der Waals surface area contributed by atoms with E-state index < -0.39 is 5.91 Å². The molecule has 7 heteroatoms. The molecule has 0 spiro atoms. The summed E-state index contributed by atoms with van der Waals surface area (Å²) in [5.74, 6) is -0.231. The Labute approximate surface area is 90.7 Å². The zero-order valence-corrected chi connectivity index (χ0v) is 8.47. The minimum Gasteiger partial charge on any atom is -0.397 e. The SMILES string of the molecule is CNC(=O)c1noc(-c2cncc(N)c2)n1. The van der Waals surface area contributed by atoms with E-state index in [1.807, 2.05) is 0 Å². The van der Waals surface area contributed by atoms with Gasteiger partial charge in [-0.1, -0.05) is 5.16 Å². The van der Waals surface area contributed by atoms with Crippen LogP contribution in [0.4, 0.5) is 5.69 Å². The number of anilines is 1. The highest BCUT2D eigenvalue weighted by molar-refractivity contribution is 5.90. The zero-order chi connectivity index (χ0) is 11.5. The first-order chi connectivity index (χ1) is 7.70. The monoisotopic (exact) mass is 219 g/mol. The quantitative estimate of drug-likeness (QED) is 0.740. The third-order valence-corrected chi connectivity index (χ3v) is 1.86. The van der Waals surface area contributed by atoms with Gasteiger partial charge in [-0.2, -0.15) is 4.98 Å². The highest BCUT2D eigenvalue weighted by Crippen LogP contribution is 2.17. The molecule has 0 atom stereocenters. The molecule has 2 aromatic heterocycles. The smallest absolute Gasteiger partial charge is 0.292 e. The minimum absolute atomic E-state index is 0.0278. The Morgan fingerprint density at radius 2 is 2.31 bits per heavy atom. The Kier molecular flexibility index (Phi) is 2.50. The minimum atomic E-state index is -0.410. The predicted octanol–water partition coefficient (Wildman–Crippen LogP) is 0.0734. The van der Waals surface area contributed by atoms with E-state index in [1.54, 1.807) is 6.07 Å². The van der Waals surface area contributed by atoms with Crippen molar-refractivity contribution in [1.82, 2.24) is 20.4 Å². The molecular formula is C9H9N5O2. The molecule has 0 bridgehead atoms. The van der Waals surface area contributed by atoms with Crippen LogP contribution in [0.1, 0.15) is 10.6 Å². The van der Waals surface area contributed by atoms with Crippen LogP contribution in [0, 0.1) is 0 Å². The molecule has 82 valence electrons. The average Bonchev–Trinajstić information content (AvgIpc) is 2.77. The maximum atomic E-state index is 11.2. The van der Waals surface area contributed by atoms with E-state index >= 15 is 0 Å². The lowest BCUT2D eigenvalue weighted by Crippen LogP contribution is -2.19. The summed E-state index contributed by atoms with van der Waals surface area (Å²) in [5.41, 5.74) is 6.61. The summed E-state index contributed by atoms with van der Waals surface area (Å²) in [4.78, 5) is 19.0. The molecule has 0 fully saturated rings. The number of amides is 1. The van der Waals surface area contributed by atoms with E-state index in [-0.39, 0.29) is 11.7 Å². The molecule has 0 saturated heterocycles. The Morgan fingerprint density at radius 3 is 3.00 bits per heavy atom. The largest absolute Gasteiger partial charge is 0.397 e. The number of hydrogen-bond donors (Lipinski definition) is 2. The van der Waals surface area contributed by atoms with Crippen LogP contribution in [-0.2, 0) is 0 Å². The number of rotatable bonds is 2. The Hall–Kier alpha value is -2.44. The lowest BCUT2D eigenvalue weighted by molar-refractivity contribution is 0.0950. The van der Waals surface area contributed by atoms with Gasteiger partial charge >= 0.3 is 0 Å². The van der Waals surface area contributed by atoms with Crippen LogP contribution in [0.2, 0.25) is 0 Å². The molecule has 2 aromatic rings. The highest BCUT2D eigenvalue weighted by Gasteiger charge is 2.14. The maximum absolute atomic E-state index is 11.2. The van der Waals surface area contributed by atoms with Gasteiger partial charge in [-0.15, -0.1) is 0 Å². The van der Waals surface area contributed by atoms with Crippen molar-refractivity contribution in [2.45, 2.75) is 0 Å². The van der Waals surface area contributed by atoms with Crippen LogP contribution in [0.15, 0.2) is 23.0 Å². The molecule has 0 saturated carbocycles. The number of carbonyl (C=O) groups excluding carboxylic acids is 1. The Bertz CT molecular complexity index is 522. The van der Waals surface area contributed by atoms with Crippen LogP contribution in [0.5, 0.6) is 0 Å². The molecule has 2 rings (SSSR count). The van der Waals surface area contributed by atoms with Gasteiger partial charge in [-0.3, -0.25) is 9.78 Å². The van der Waals surface area contributed by atoms with Gasteiger partial charge < -0.3 is 15.6 Å². The van der Waals surface area contributed by atoms with E-state index in [0.717, 1.165) is 0 Å². The summed E-state index contributed by atoms with van der Waals surface area (Å²) < 4.78 is 4.91. The number of carbonyl (C=O) groups is 1. The lowest BCUT2D eigenvalue weighted by Gasteiger charge is -1.94. The standard InChI is InChI=1S/C9H9N5O2/c1-11-8(15)7-13-9(16-14-7)5-2-6(10)4-12-3-5/h2-4H,10H2,1H3,(H,11,15). The maximum Gasteiger partial charge on any atom is 0.292 e.